The van der Waals surface area contributed by atoms with Gasteiger partial charge >= 0.3 is 0 Å². The summed E-state index contributed by atoms with van der Waals surface area (Å²) in [5.41, 5.74) is 3.93. The van der Waals surface area contributed by atoms with Gasteiger partial charge in [-0.05, 0) is 58.7 Å². The fraction of sp³-hybridized carbons (Fsp3) is 0.812. The predicted octanol–water partition coefficient (Wildman–Crippen LogP) is 2.25. The first kappa shape index (κ1) is 15.5. The van der Waals surface area contributed by atoms with Crippen molar-refractivity contribution in [1.82, 2.24) is 20.0 Å². The zero-order chi connectivity index (χ0) is 14.5. The molecule has 0 radical (unpaired) electrons. The Kier molecular flexibility index (Phi) is 5.61. The second-order valence-corrected chi connectivity index (χ2v) is 6.20. The molecule has 1 aromatic rings. The molecule has 1 fully saturated rings. The van der Waals surface area contributed by atoms with E-state index in [4.69, 9.17) is 0 Å². The average molecular weight is 278 g/mol. The van der Waals surface area contributed by atoms with Gasteiger partial charge < -0.3 is 5.32 Å². The van der Waals surface area contributed by atoms with Crippen molar-refractivity contribution < 1.29 is 0 Å². The molecule has 2 rings (SSSR count). The lowest BCUT2D eigenvalue weighted by atomic mass is 9.97. The van der Waals surface area contributed by atoms with Crippen LogP contribution in [0.2, 0.25) is 0 Å². The van der Waals surface area contributed by atoms with E-state index in [-0.39, 0.29) is 0 Å². The molecule has 0 spiro atoms. The van der Waals surface area contributed by atoms with Gasteiger partial charge in [0.2, 0.25) is 0 Å². The van der Waals surface area contributed by atoms with E-state index in [2.05, 4.69) is 36.1 Å². The van der Waals surface area contributed by atoms with Crippen LogP contribution in [-0.4, -0.2) is 40.9 Å². The minimum absolute atomic E-state index is 0.861. The summed E-state index contributed by atoms with van der Waals surface area (Å²) >= 11 is 0. The highest BCUT2D eigenvalue weighted by Crippen LogP contribution is 2.19. The zero-order valence-corrected chi connectivity index (χ0v) is 13.6. The summed E-state index contributed by atoms with van der Waals surface area (Å²) in [6.07, 6.45) is 3.87. The second kappa shape index (κ2) is 7.23. The fourth-order valence-corrected chi connectivity index (χ4v) is 3.25. The molecular formula is C16H30N4. The molecule has 1 aliphatic heterocycles. The van der Waals surface area contributed by atoms with Crippen molar-refractivity contribution in [2.75, 3.05) is 26.2 Å². The Hall–Kier alpha value is -0.870. The van der Waals surface area contributed by atoms with E-state index in [0.717, 1.165) is 12.5 Å². The Bertz CT molecular complexity index is 418. The van der Waals surface area contributed by atoms with Crippen LogP contribution in [0.15, 0.2) is 0 Å². The number of rotatable bonds is 6. The van der Waals surface area contributed by atoms with Crippen molar-refractivity contribution in [3.8, 4) is 0 Å². The number of hydrogen-bond donors (Lipinski definition) is 1. The van der Waals surface area contributed by atoms with Crippen LogP contribution in [0.3, 0.4) is 0 Å². The summed E-state index contributed by atoms with van der Waals surface area (Å²) in [4.78, 5) is 2.63. The summed E-state index contributed by atoms with van der Waals surface area (Å²) < 4.78 is 2.01. The summed E-state index contributed by atoms with van der Waals surface area (Å²) in [6, 6.07) is 0. The first-order chi connectivity index (χ1) is 9.61. The Morgan fingerprint density at radius 2 is 2.00 bits per heavy atom. The number of hydrogen-bond acceptors (Lipinski definition) is 3. The summed E-state index contributed by atoms with van der Waals surface area (Å²) in [5.74, 6) is 0.861. The molecule has 20 heavy (non-hydrogen) atoms. The molecule has 0 saturated carbocycles. The quantitative estimate of drug-likeness (QED) is 0.866. The maximum atomic E-state index is 4.55. The second-order valence-electron chi connectivity index (χ2n) is 6.20. The van der Waals surface area contributed by atoms with E-state index in [1.54, 1.807) is 0 Å². The third-order valence-corrected chi connectivity index (χ3v) is 4.56. The maximum absolute atomic E-state index is 4.55. The van der Waals surface area contributed by atoms with Crippen LogP contribution < -0.4 is 5.32 Å². The van der Waals surface area contributed by atoms with Gasteiger partial charge in [0, 0.05) is 31.4 Å². The van der Waals surface area contributed by atoms with Crippen LogP contribution in [0.4, 0.5) is 0 Å². The van der Waals surface area contributed by atoms with Crippen LogP contribution in [0.25, 0.3) is 0 Å². The minimum Gasteiger partial charge on any atom is -0.317 e. The highest BCUT2D eigenvalue weighted by atomic mass is 15.3. The molecule has 0 unspecified atom stereocenters. The number of aryl methyl sites for hydroxylation is 2. The fourth-order valence-electron chi connectivity index (χ4n) is 3.25. The molecule has 1 saturated heterocycles. The van der Waals surface area contributed by atoms with Gasteiger partial charge in [0.25, 0.3) is 0 Å². The number of piperidine rings is 1. The molecule has 0 bridgehead atoms. The Morgan fingerprint density at radius 1 is 1.30 bits per heavy atom. The topological polar surface area (TPSA) is 33.1 Å². The minimum atomic E-state index is 0.861. The molecule has 4 heteroatoms. The highest BCUT2D eigenvalue weighted by molar-refractivity contribution is 5.24. The normalized spacial score (nSPS) is 17.1. The molecule has 2 heterocycles. The third kappa shape index (κ3) is 3.83. The molecule has 1 aromatic heterocycles. The van der Waals surface area contributed by atoms with Crippen LogP contribution in [0, 0.1) is 19.8 Å². The van der Waals surface area contributed by atoms with Crippen LogP contribution in [0.1, 0.15) is 43.1 Å². The number of aromatic nitrogens is 2. The first-order valence-electron chi connectivity index (χ1n) is 8.04. The van der Waals surface area contributed by atoms with Crippen LogP contribution in [-0.2, 0) is 13.6 Å². The molecule has 0 atom stereocenters. The van der Waals surface area contributed by atoms with Crippen LogP contribution in [0.5, 0.6) is 0 Å². The van der Waals surface area contributed by atoms with E-state index in [1.807, 2.05) is 11.7 Å². The molecule has 0 aromatic carbocycles. The Balaban J connectivity index is 2.00. The molecule has 0 amide bonds. The van der Waals surface area contributed by atoms with Gasteiger partial charge in [-0.1, -0.05) is 6.92 Å². The van der Waals surface area contributed by atoms with E-state index in [9.17, 15) is 0 Å². The van der Waals surface area contributed by atoms with Gasteiger partial charge in [-0.15, -0.1) is 0 Å². The monoisotopic (exact) mass is 278 g/mol. The summed E-state index contributed by atoms with van der Waals surface area (Å²) in [6.45, 7) is 12.5. The summed E-state index contributed by atoms with van der Waals surface area (Å²) in [7, 11) is 2.04. The Labute approximate surface area is 123 Å². The van der Waals surface area contributed by atoms with E-state index >= 15 is 0 Å². The van der Waals surface area contributed by atoms with Crippen molar-refractivity contribution in [3.63, 3.8) is 0 Å². The van der Waals surface area contributed by atoms with Crippen LogP contribution >= 0.6 is 0 Å². The predicted molar refractivity (Wildman–Crippen MR) is 83.8 cm³/mol. The first-order valence-corrected chi connectivity index (χ1v) is 8.04. The van der Waals surface area contributed by atoms with Crippen molar-refractivity contribution in [2.24, 2.45) is 13.0 Å². The van der Waals surface area contributed by atoms with E-state index < -0.39 is 0 Å². The van der Waals surface area contributed by atoms with Gasteiger partial charge in [0.1, 0.15) is 0 Å². The van der Waals surface area contributed by atoms with Gasteiger partial charge in [-0.3, -0.25) is 9.58 Å². The number of nitrogens with zero attached hydrogens (tertiary/aromatic N) is 3. The van der Waals surface area contributed by atoms with E-state index in [1.165, 1.54) is 62.4 Å². The number of nitrogens with one attached hydrogen (secondary N) is 1. The highest BCUT2D eigenvalue weighted by Gasteiger charge is 2.19. The smallest absolute Gasteiger partial charge is 0.0641 e. The van der Waals surface area contributed by atoms with Gasteiger partial charge in [0.15, 0.2) is 0 Å². The van der Waals surface area contributed by atoms with Gasteiger partial charge in [0.05, 0.1) is 5.69 Å². The Morgan fingerprint density at radius 3 is 2.55 bits per heavy atom. The lowest BCUT2D eigenvalue weighted by Gasteiger charge is -2.30. The zero-order valence-electron chi connectivity index (χ0n) is 13.6. The van der Waals surface area contributed by atoms with Crippen molar-refractivity contribution in [3.05, 3.63) is 17.0 Å². The van der Waals surface area contributed by atoms with E-state index in [0.29, 0.717) is 0 Å². The lowest BCUT2D eigenvalue weighted by molar-refractivity contribution is 0.198. The lowest BCUT2D eigenvalue weighted by Crippen LogP contribution is -2.36. The summed E-state index contributed by atoms with van der Waals surface area (Å²) in [5, 5.41) is 8.01. The van der Waals surface area contributed by atoms with Crippen molar-refractivity contribution >= 4 is 0 Å². The molecule has 1 N–H and O–H groups in total. The molecule has 1 aliphatic rings. The van der Waals surface area contributed by atoms with Crippen molar-refractivity contribution in [2.45, 2.75) is 46.6 Å². The largest absolute Gasteiger partial charge is 0.317 e. The standard InChI is InChI=1S/C16H30N4/c1-5-10-20(11-15-6-8-17-9-7-15)12-16-13(2)18-19(4)14(16)3/h15,17H,5-12H2,1-4H3. The molecule has 4 nitrogen and oxygen atoms in total. The van der Waals surface area contributed by atoms with Gasteiger partial charge in [-0.25, -0.2) is 0 Å². The third-order valence-electron chi connectivity index (χ3n) is 4.56. The SMILES string of the molecule is CCCN(Cc1c(C)nn(C)c1C)CC1CCNCC1. The van der Waals surface area contributed by atoms with Crippen molar-refractivity contribution in [1.29, 1.82) is 0 Å². The molecule has 0 aliphatic carbocycles. The van der Waals surface area contributed by atoms with Gasteiger partial charge in [-0.2, -0.15) is 5.10 Å². The molecular weight excluding hydrogens is 248 g/mol. The molecule has 114 valence electrons. The average Bonchev–Trinajstić information content (AvgIpc) is 2.67. The maximum Gasteiger partial charge on any atom is 0.0641 e.